The van der Waals surface area contributed by atoms with Crippen LogP contribution in [0, 0.1) is 17.2 Å². The zero-order chi connectivity index (χ0) is 14.5. The van der Waals surface area contributed by atoms with Crippen LogP contribution in [0.25, 0.3) is 0 Å². The Morgan fingerprint density at radius 2 is 2.11 bits per heavy atom. The van der Waals surface area contributed by atoms with Crippen molar-refractivity contribution in [3.63, 3.8) is 0 Å². The van der Waals surface area contributed by atoms with E-state index in [-0.39, 0.29) is 5.54 Å². The summed E-state index contributed by atoms with van der Waals surface area (Å²) in [6.45, 7) is 13.3. The monoisotopic (exact) mass is 265 g/mol. The van der Waals surface area contributed by atoms with E-state index < -0.39 is 0 Å². The summed E-state index contributed by atoms with van der Waals surface area (Å²) >= 11 is 0. The summed E-state index contributed by atoms with van der Waals surface area (Å²) in [5.41, 5.74) is -0.376. The van der Waals surface area contributed by atoms with Crippen LogP contribution in [-0.2, 0) is 0 Å². The topological polar surface area (TPSA) is 39.1 Å². The molecular weight excluding hydrogens is 234 g/mol. The molecule has 1 rings (SSSR count). The maximum Gasteiger partial charge on any atom is 0.104 e. The van der Waals surface area contributed by atoms with Crippen LogP contribution in [0.5, 0.6) is 0 Å². The van der Waals surface area contributed by atoms with Gasteiger partial charge in [0.1, 0.15) is 5.54 Å². The molecular formula is C16H31N3. The molecule has 0 radical (unpaired) electrons. The zero-order valence-electron chi connectivity index (χ0n) is 13.4. The van der Waals surface area contributed by atoms with Gasteiger partial charge in [0.2, 0.25) is 0 Å². The van der Waals surface area contributed by atoms with Gasteiger partial charge >= 0.3 is 0 Å². The Hall–Kier alpha value is -0.590. The fourth-order valence-corrected chi connectivity index (χ4v) is 3.17. The molecule has 3 unspecified atom stereocenters. The van der Waals surface area contributed by atoms with Crippen LogP contribution in [0.15, 0.2) is 0 Å². The highest BCUT2D eigenvalue weighted by atomic mass is 15.2. The molecule has 1 aliphatic heterocycles. The van der Waals surface area contributed by atoms with Crippen LogP contribution < -0.4 is 5.32 Å². The highest BCUT2D eigenvalue weighted by Gasteiger charge is 2.27. The van der Waals surface area contributed by atoms with Crippen molar-refractivity contribution in [2.24, 2.45) is 5.92 Å². The molecule has 110 valence electrons. The van der Waals surface area contributed by atoms with Crippen molar-refractivity contribution in [1.82, 2.24) is 10.2 Å². The van der Waals surface area contributed by atoms with Gasteiger partial charge in [-0.25, -0.2) is 0 Å². The minimum atomic E-state index is -0.376. The predicted molar refractivity (Wildman–Crippen MR) is 81.0 cm³/mol. The molecule has 3 atom stereocenters. The molecule has 1 aliphatic rings. The van der Waals surface area contributed by atoms with E-state index in [4.69, 9.17) is 0 Å². The minimum absolute atomic E-state index is 0.360. The number of nitrogens with zero attached hydrogens (tertiary/aromatic N) is 2. The first kappa shape index (κ1) is 16.5. The third-order valence-electron chi connectivity index (χ3n) is 4.48. The molecule has 0 aromatic heterocycles. The van der Waals surface area contributed by atoms with Crippen molar-refractivity contribution in [3.8, 4) is 6.07 Å². The van der Waals surface area contributed by atoms with Crippen LogP contribution in [0.2, 0.25) is 0 Å². The second kappa shape index (κ2) is 7.26. The van der Waals surface area contributed by atoms with E-state index in [1.165, 1.54) is 19.4 Å². The summed E-state index contributed by atoms with van der Waals surface area (Å²) in [7, 11) is 0. The summed E-state index contributed by atoms with van der Waals surface area (Å²) in [5.74, 6) is 0.810. The molecule has 0 saturated carbocycles. The number of hydrogen-bond donors (Lipinski definition) is 1. The summed E-state index contributed by atoms with van der Waals surface area (Å²) in [6, 6.07) is 3.49. The SMILES string of the molecule is CC(C)NC(C)(C#N)CCCN1CCCC(C)C1C. The lowest BCUT2D eigenvalue weighted by molar-refractivity contribution is 0.110. The molecule has 0 aromatic carbocycles. The Balaban J connectivity index is 2.38. The van der Waals surface area contributed by atoms with Crippen molar-refractivity contribution in [1.29, 1.82) is 5.26 Å². The predicted octanol–water partition coefficient (Wildman–Crippen LogP) is 3.17. The van der Waals surface area contributed by atoms with Crippen molar-refractivity contribution >= 4 is 0 Å². The van der Waals surface area contributed by atoms with Gasteiger partial charge in [-0.05, 0) is 72.4 Å². The molecule has 1 fully saturated rings. The second-order valence-corrected chi connectivity index (χ2v) is 6.74. The van der Waals surface area contributed by atoms with Crippen molar-refractivity contribution in [3.05, 3.63) is 0 Å². The third-order valence-corrected chi connectivity index (χ3v) is 4.48. The lowest BCUT2D eigenvalue weighted by Crippen LogP contribution is -2.46. The Morgan fingerprint density at radius 3 is 2.68 bits per heavy atom. The van der Waals surface area contributed by atoms with E-state index in [2.05, 4.69) is 44.0 Å². The van der Waals surface area contributed by atoms with Crippen molar-refractivity contribution < 1.29 is 0 Å². The maximum absolute atomic E-state index is 9.34. The Bertz CT molecular complexity index is 308. The minimum Gasteiger partial charge on any atom is -0.300 e. The molecule has 3 heteroatoms. The average molecular weight is 265 g/mol. The molecule has 1 heterocycles. The van der Waals surface area contributed by atoms with E-state index in [0.29, 0.717) is 12.1 Å². The Morgan fingerprint density at radius 1 is 1.42 bits per heavy atom. The zero-order valence-corrected chi connectivity index (χ0v) is 13.4. The number of rotatable bonds is 6. The maximum atomic E-state index is 9.34. The summed E-state index contributed by atoms with van der Waals surface area (Å²) in [5, 5.41) is 12.7. The van der Waals surface area contributed by atoms with Gasteiger partial charge in [0.25, 0.3) is 0 Å². The smallest absolute Gasteiger partial charge is 0.104 e. The van der Waals surface area contributed by atoms with Crippen molar-refractivity contribution in [2.75, 3.05) is 13.1 Å². The van der Waals surface area contributed by atoms with E-state index >= 15 is 0 Å². The molecule has 0 bridgehead atoms. The van der Waals surface area contributed by atoms with Crippen LogP contribution in [-0.4, -0.2) is 35.6 Å². The number of nitrogens with one attached hydrogen (secondary N) is 1. The van der Waals surface area contributed by atoms with Crippen molar-refractivity contribution in [2.45, 2.75) is 77.9 Å². The van der Waals surface area contributed by atoms with Gasteiger partial charge in [-0.3, -0.25) is 5.32 Å². The first-order valence-corrected chi connectivity index (χ1v) is 7.81. The molecule has 3 nitrogen and oxygen atoms in total. The highest BCUT2D eigenvalue weighted by Crippen LogP contribution is 2.23. The lowest BCUT2D eigenvalue weighted by atomic mass is 9.91. The molecule has 0 aromatic rings. The molecule has 1 saturated heterocycles. The molecule has 0 spiro atoms. The van der Waals surface area contributed by atoms with Gasteiger partial charge in [-0.1, -0.05) is 6.92 Å². The third kappa shape index (κ3) is 5.12. The Labute approximate surface area is 119 Å². The fourth-order valence-electron chi connectivity index (χ4n) is 3.17. The first-order chi connectivity index (χ1) is 8.88. The first-order valence-electron chi connectivity index (χ1n) is 7.81. The average Bonchev–Trinajstić information content (AvgIpc) is 2.33. The Kier molecular flexibility index (Phi) is 6.29. The van der Waals surface area contributed by atoms with Gasteiger partial charge in [-0.2, -0.15) is 5.26 Å². The number of nitriles is 1. The van der Waals surface area contributed by atoms with Crippen LogP contribution in [0.1, 0.15) is 60.3 Å². The highest BCUT2D eigenvalue weighted by molar-refractivity contribution is 5.04. The lowest BCUT2D eigenvalue weighted by Gasteiger charge is -2.38. The van der Waals surface area contributed by atoms with Gasteiger partial charge in [-0.15, -0.1) is 0 Å². The molecule has 0 amide bonds. The standard InChI is InChI=1S/C16H31N3/c1-13(2)18-16(5,12-17)9-7-11-19-10-6-8-14(3)15(19)4/h13-15,18H,6-11H2,1-5H3. The fraction of sp³-hybridized carbons (Fsp3) is 0.938. The molecule has 19 heavy (non-hydrogen) atoms. The van der Waals surface area contributed by atoms with E-state index in [1.54, 1.807) is 0 Å². The van der Waals surface area contributed by atoms with Crippen LogP contribution in [0.3, 0.4) is 0 Å². The summed E-state index contributed by atoms with van der Waals surface area (Å²) in [4.78, 5) is 2.60. The van der Waals surface area contributed by atoms with Gasteiger partial charge in [0.15, 0.2) is 0 Å². The van der Waals surface area contributed by atoms with E-state index in [1.807, 2.05) is 6.92 Å². The van der Waals surface area contributed by atoms with Gasteiger partial charge in [0.05, 0.1) is 6.07 Å². The quantitative estimate of drug-likeness (QED) is 0.802. The van der Waals surface area contributed by atoms with Gasteiger partial charge < -0.3 is 4.90 Å². The number of likely N-dealkylation sites (tertiary alicyclic amines) is 1. The largest absolute Gasteiger partial charge is 0.300 e. The second-order valence-electron chi connectivity index (χ2n) is 6.74. The summed E-state index contributed by atoms with van der Waals surface area (Å²) < 4.78 is 0. The van der Waals surface area contributed by atoms with Gasteiger partial charge in [0, 0.05) is 12.1 Å². The van der Waals surface area contributed by atoms with Crippen LogP contribution in [0.4, 0.5) is 0 Å². The summed E-state index contributed by atoms with van der Waals surface area (Å²) in [6.07, 6.45) is 4.72. The molecule has 1 N–H and O–H groups in total. The van der Waals surface area contributed by atoms with E-state index in [0.717, 1.165) is 25.3 Å². The number of hydrogen-bond acceptors (Lipinski definition) is 3. The normalized spacial score (nSPS) is 28.1. The molecule has 0 aliphatic carbocycles. The van der Waals surface area contributed by atoms with E-state index in [9.17, 15) is 5.26 Å². The van der Waals surface area contributed by atoms with Crippen LogP contribution >= 0.6 is 0 Å². The number of piperidine rings is 1.